The number of nitro benzene ring substituents is 1. The third-order valence-corrected chi connectivity index (χ3v) is 5.20. The van der Waals surface area contributed by atoms with Crippen molar-refractivity contribution < 1.29 is 9.85 Å². The van der Waals surface area contributed by atoms with E-state index in [-0.39, 0.29) is 10.7 Å². The number of non-ortho nitro benzene ring substituents is 1. The first-order valence-corrected chi connectivity index (χ1v) is 8.58. The van der Waals surface area contributed by atoms with Crippen molar-refractivity contribution in [2.24, 2.45) is 0 Å². The van der Waals surface area contributed by atoms with Crippen molar-refractivity contribution in [3.8, 4) is 0 Å². The van der Waals surface area contributed by atoms with E-state index in [1.54, 1.807) is 17.0 Å². The van der Waals surface area contributed by atoms with Crippen molar-refractivity contribution in [1.82, 2.24) is 0 Å². The number of thiocarbonyl (C=S) groups is 1. The summed E-state index contributed by atoms with van der Waals surface area (Å²) in [6.45, 7) is 0. The quantitative estimate of drug-likeness (QED) is 0.382. The molecule has 0 unspecified atom stereocenters. The zero-order valence-corrected chi connectivity index (χ0v) is 14.7. The lowest BCUT2D eigenvalue weighted by molar-refractivity contribution is -0.512. The summed E-state index contributed by atoms with van der Waals surface area (Å²) in [6.07, 6.45) is 0. The predicted molar refractivity (Wildman–Crippen MR) is 106 cm³/mol. The molecule has 0 aromatic heterocycles. The topological polar surface area (TPSA) is 89.5 Å². The number of fused-ring (bicyclic) bond motifs is 1. The molecule has 7 nitrogen and oxygen atoms in total. The van der Waals surface area contributed by atoms with Gasteiger partial charge in [-0.2, -0.15) is 0 Å². The number of hydrogen-bond acceptors (Lipinski definition) is 5. The number of benzene rings is 3. The molecule has 0 N–H and O–H groups in total. The van der Waals surface area contributed by atoms with E-state index in [4.69, 9.17) is 12.2 Å². The van der Waals surface area contributed by atoms with Gasteiger partial charge in [-0.1, -0.05) is 48.6 Å². The Morgan fingerprint density at radius 1 is 0.889 bits per heavy atom. The summed E-state index contributed by atoms with van der Waals surface area (Å²) in [5.74, 6) is 0. The summed E-state index contributed by atoms with van der Waals surface area (Å²) in [7, 11) is 0. The molecule has 4 rings (SSSR count). The van der Waals surface area contributed by atoms with Crippen LogP contribution >= 0.6 is 12.2 Å². The van der Waals surface area contributed by atoms with Crippen LogP contribution in [-0.2, 0) is 0 Å². The fraction of sp³-hybridized carbons (Fsp3) is 0.105. The number of hydrogen-bond donors (Lipinski definition) is 0. The van der Waals surface area contributed by atoms with E-state index in [0.717, 1.165) is 16.5 Å². The molecule has 134 valence electrons. The monoisotopic (exact) mass is 379 g/mol. The zero-order valence-electron chi connectivity index (χ0n) is 13.9. The van der Waals surface area contributed by atoms with Gasteiger partial charge in [0.2, 0.25) is 0 Å². The van der Waals surface area contributed by atoms with Crippen LogP contribution in [0, 0.1) is 20.2 Å². The first-order valence-electron chi connectivity index (χ1n) is 8.18. The molecule has 0 spiro atoms. The van der Waals surface area contributed by atoms with Gasteiger partial charge in [0.05, 0.1) is 10.6 Å². The van der Waals surface area contributed by atoms with Crippen molar-refractivity contribution in [3.05, 3.63) is 92.5 Å². The molecule has 27 heavy (non-hydrogen) atoms. The van der Waals surface area contributed by atoms with E-state index in [0.29, 0.717) is 5.56 Å². The highest BCUT2D eigenvalue weighted by molar-refractivity contribution is 7.80. The first kappa shape index (κ1) is 17.0. The minimum atomic E-state index is -1.04. The van der Waals surface area contributed by atoms with E-state index in [2.05, 4.69) is 0 Å². The van der Waals surface area contributed by atoms with Crippen LogP contribution in [-0.4, -0.2) is 20.9 Å². The van der Waals surface area contributed by atoms with Crippen LogP contribution in [0.25, 0.3) is 10.8 Å². The second-order valence-corrected chi connectivity index (χ2v) is 6.65. The van der Waals surface area contributed by atoms with Crippen LogP contribution in [0.1, 0.15) is 11.6 Å². The van der Waals surface area contributed by atoms with Crippen LogP contribution in [0.3, 0.4) is 0 Å². The number of nitro groups is 2. The Bertz CT molecular complexity index is 1080. The summed E-state index contributed by atoms with van der Waals surface area (Å²) in [5, 5.41) is 24.4. The van der Waals surface area contributed by atoms with E-state index < -0.39 is 21.9 Å². The van der Waals surface area contributed by atoms with Crippen molar-refractivity contribution in [2.75, 3.05) is 4.90 Å². The van der Waals surface area contributed by atoms with Crippen molar-refractivity contribution in [2.45, 2.75) is 12.1 Å². The summed E-state index contributed by atoms with van der Waals surface area (Å²) < 4.78 is 0. The van der Waals surface area contributed by atoms with E-state index in [1.807, 2.05) is 42.5 Å². The molecule has 3 aromatic rings. The van der Waals surface area contributed by atoms with Gasteiger partial charge < -0.3 is 4.90 Å². The molecule has 0 amide bonds. The second kappa shape index (κ2) is 6.40. The smallest absolute Gasteiger partial charge is 0.287 e. The average Bonchev–Trinajstić information content (AvgIpc) is 2.66. The summed E-state index contributed by atoms with van der Waals surface area (Å²) in [4.78, 5) is 23.6. The van der Waals surface area contributed by atoms with Gasteiger partial charge in [-0.05, 0) is 29.1 Å². The van der Waals surface area contributed by atoms with Crippen molar-refractivity contribution in [3.63, 3.8) is 0 Å². The molecule has 1 heterocycles. The Kier molecular flexibility index (Phi) is 4.04. The Labute approximate surface area is 159 Å². The fourth-order valence-electron chi connectivity index (χ4n) is 3.49. The van der Waals surface area contributed by atoms with Crippen LogP contribution in [0.2, 0.25) is 0 Å². The van der Waals surface area contributed by atoms with Gasteiger partial charge in [-0.15, -0.1) is 0 Å². The minimum Gasteiger partial charge on any atom is -0.315 e. The molecule has 1 aliphatic rings. The molecule has 0 aliphatic carbocycles. The molecule has 1 saturated heterocycles. The molecular weight excluding hydrogens is 366 g/mol. The molecule has 0 saturated carbocycles. The minimum absolute atomic E-state index is 0.0602. The summed E-state index contributed by atoms with van der Waals surface area (Å²) in [6, 6.07) is 17.6. The molecular formula is C19H13N3O4S. The molecule has 0 bridgehead atoms. The largest absolute Gasteiger partial charge is 0.315 e. The maximum atomic E-state index is 11.6. The number of nitrogens with zero attached hydrogens (tertiary/aromatic N) is 3. The third-order valence-electron chi connectivity index (χ3n) is 4.77. The number of rotatable bonds is 4. The van der Waals surface area contributed by atoms with Crippen LogP contribution in [0.4, 0.5) is 11.4 Å². The highest BCUT2D eigenvalue weighted by Gasteiger charge is 2.54. The maximum absolute atomic E-state index is 11.6. The summed E-state index contributed by atoms with van der Waals surface area (Å²) >= 11 is 5.37. The molecule has 1 fully saturated rings. The van der Waals surface area contributed by atoms with E-state index in [9.17, 15) is 20.2 Å². The Balaban J connectivity index is 1.82. The van der Waals surface area contributed by atoms with Crippen molar-refractivity contribution in [1.29, 1.82) is 0 Å². The SMILES string of the molecule is O=[N+]([O-])c1ccc([C@H]2[C@@H]([N+](=O)[O-])C(=S)N2c2cccc3ccccc23)cc1. The van der Waals surface area contributed by atoms with Crippen LogP contribution in [0.15, 0.2) is 66.7 Å². The van der Waals surface area contributed by atoms with Gasteiger partial charge in [-0.25, -0.2) is 0 Å². The Hall–Kier alpha value is -3.39. The van der Waals surface area contributed by atoms with Crippen LogP contribution in [0.5, 0.6) is 0 Å². The van der Waals surface area contributed by atoms with Gasteiger partial charge in [0.1, 0.15) is 6.04 Å². The Morgan fingerprint density at radius 2 is 1.56 bits per heavy atom. The lowest BCUT2D eigenvalue weighted by Gasteiger charge is -2.45. The molecule has 8 heteroatoms. The highest BCUT2D eigenvalue weighted by Crippen LogP contribution is 2.44. The van der Waals surface area contributed by atoms with Gasteiger partial charge >= 0.3 is 0 Å². The molecule has 2 atom stereocenters. The molecule has 1 aliphatic heterocycles. The van der Waals surface area contributed by atoms with Crippen molar-refractivity contribution >= 4 is 39.4 Å². The Morgan fingerprint density at radius 3 is 2.22 bits per heavy atom. The highest BCUT2D eigenvalue weighted by atomic mass is 32.1. The number of anilines is 1. The fourth-order valence-corrected chi connectivity index (χ4v) is 3.92. The van der Waals surface area contributed by atoms with Gasteiger partial charge in [0.25, 0.3) is 11.7 Å². The zero-order chi connectivity index (χ0) is 19.1. The van der Waals surface area contributed by atoms with E-state index in [1.165, 1.54) is 12.1 Å². The van der Waals surface area contributed by atoms with Gasteiger partial charge in [0, 0.05) is 22.4 Å². The standard InChI is InChI=1S/C19H13N3O4S/c23-21(24)14-10-8-13(9-11-14)17-18(22(25)26)19(27)20(17)16-7-3-5-12-4-1-2-6-15(12)16/h1-11,17-18H/t17-,18+/m0/s1. The normalized spacial score (nSPS) is 19.0. The van der Waals surface area contributed by atoms with Crippen LogP contribution < -0.4 is 4.90 Å². The van der Waals surface area contributed by atoms with Gasteiger partial charge in [-0.3, -0.25) is 20.2 Å². The first-order chi connectivity index (χ1) is 13.0. The third kappa shape index (κ3) is 2.70. The average molecular weight is 379 g/mol. The maximum Gasteiger partial charge on any atom is 0.287 e. The predicted octanol–water partition coefficient (Wildman–Crippen LogP) is 4.28. The lowest BCUT2D eigenvalue weighted by atomic mass is 9.88. The van der Waals surface area contributed by atoms with Gasteiger partial charge in [0.15, 0.2) is 4.99 Å². The molecule has 3 aromatic carbocycles. The lowest BCUT2D eigenvalue weighted by Crippen LogP contribution is -2.61. The summed E-state index contributed by atoms with van der Waals surface area (Å²) in [5.41, 5.74) is 1.35. The molecule has 0 radical (unpaired) electrons. The van der Waals surface area contributed by atoms with E-state index >= 15 is 0 Å². The second-order valence-electron chi connectivity index (χ2n) is 6.23.